The van der Waals surface area contributed by atoms with Crippen molar-refractivity contribution in [2.45, 2.75) is 6.92 Å². The van der Waals surface area contributed by atoms with Crippen molar-refractivity contribution in [1.82, 2.24) is 0 Å². The molecule has 0 fully saturated rings. The van der Waals surface area contributed by atoms with E-state index in [1.54, 1.807) is 31.2 Å². The lowest BCUT2D eigenvalue weighted by atomic mass is 10.1. The molecular formula is C12H14ClNO3. The average Bonchev–Trinajstić information content (AvgIpc) is 2.37. The second-order valence-electron chi connectivity index (χ2n) is 3.58. The summed E-state index contributed by atoms with van der Waals surface area (Å²) >= 11 is 5.59. The lowest BCUT2D eigenvalue weighted by Gasteiger charge is -2.12. The first-order valence-electron chi connectivity index (χ1n) is 5.14. The number of nitrogens with one attached hydrogen (secondary N) is 1. The number of amides is 1. The van der Waals surface area contributed by atoms with Crippen LogP contribution >= 0.6 is 11.6 Å². The Morgan fingerprint density at radius 2 is 2.06 bits per heavy atom. The molecule has 0 bridgehead atoms. The van der Waals surface area contributed by atoms with E-state index in [1.165, 1.54) is 7.11 Å². The zero-order valence-electron chi connectivity index (χ0n) is 9.70. The molecule has 0 aromatic heterocycles. The number of rotatable bonds is 4. The van der Waals surface area contributed by atoms with Crippen molar-refractivity contribution in [2.75, 3.05) is 18.3 Å². The van der Waals surface area contributed by atoms with Crippen molar-refractivity contribution in [3.05, 3.63) is 29.8 Å². The third-order valence-electron chi connectivity index (χ3n) is 2.27. The highest BCUT2D eigenvalue weighted by Gasteiger charge is 2.16. The Hall–Kier alpha value is -1.55. The number of para-hydroxylation sites is 1. The summed E-state index contributed by atoms with van der Waals surface area (Å²) in [5.41, 5.74) is 0.756. The highest BCUT2D eigenvalue weighted by molar-refractivity contribution is 6.19. The molecule has 1 unspecified atom stereocenters. The standard InChI is InChI=1S/C12H14ClNO3/c1-8(7-13)11(15)14-10-6-4-3-5-9(10)12(16)17-2/h3-6,8H,7H2,1-2H3,(H,14,15). The Balaban J connectivity index is 2.91. The summed E-state index contributed by atoms with van der Waals surface area (Å²) in [6.07, 6.45) is 0. The van der Waals surface area contributed by atoms with Gasteiger partial charge in [0, 0.05) is 11.8 Å². The summed E-state index contributed by atoms with van der Waals surface area (Å²) in [5.74, 6) is -0.801. The van der Waals surface area contributed by atoms with Gasteiger partial charge in [0.15, 0.2) is 0 Å². The number of ether oxygens (including phenoxy) is 1. The maximum Gasteiger partial charge on any atom is 0.339 e. The van der Waals surface area contributed by atoms with Gasteiger partial charge in [0.2, 0.25) is 5.91 Å². The number of methoxy groups -OCH3 is 1. The molecule has 1 N–H and O–H groups in total. The van der Waals surface area contributed by atoms with Gasteiger partial charge >= 0.3 is 5.97 Å². The second kappa shape index (κ2) is 6.25. The summed E-state index contributed by atoms with van der Waals surface area (Å²) < 4.78 is 4.63. The van der Waals surface area contributed by atoms with Crippen LogP contribution in [0.4, 0.5) is 5.69 Å². The zero-order chi connectivity index (χ0) is 12.8. The number of carbonyl (C=O) groups is 2. The molecule has 1 atom stereocenters. The van der Waals surface area contributed by atoms with Crippen LogP contribution in [-0.4, -0.2) is 24.9 Å². The molecule has 0 saturated carbocycles. The van der Waals surface area contributed by atoms with Gasteiger partial charge < -0.3 is 10.1 Å². The summed E-state index contributed by atoms with van der Waals surface area (Å²) in [4.78, 5) is 23.1. The monoisotopic (exact) mass is 255 g/mol. The van der Waals surface area contributed by atoms with Crippen LogP contribution in [0.25, 0.3) is 0 Å². The first-order chi connectivity index (χ1) is 8.10. The van der Waals surface area contributed by atoms with E-state index in [9.17, 15) is 9.59 Å². The molecule has 1 rings (SSSR count). The Morgan fingerprint density at radius 3 is 2.65 bits per heavy atom. The molecule has 17 heavy (non-hydrogen) atoms. The first-order valence-corrected chi connectivity index (χ1v) is 5.67. The predicted octanol–water partition coefficient (Wildman–Crippen LogP) is 2.29. The van der Waals surface area contributed by atoms with Crippen molar-refractivity contribution < 1.29 is 14.3 Å². The van der Waals surface area contributed by atoms with Gasteiger partial charge in [-0.25, -0.2) is 4.79 Å². The van der Waals surface area contributed by atoms with E-state index in [4.69, 9.17) is 11.6 Å². The van der Waals surface area contributed by atoms with Crippen molar-refractivity contribution in [1.29, 1.82) is 0 Å². The molecule has 1 aromatic carbocycles. The van der Waals surface area contributed by atoms with E-state index in [0.29, 0.717) is 11.3 Å². The number of carbonyl (C=O) groups excluding carboxylic acids is 2. The molecule has 5 heteroatoms. The maximum absolute atomic E-state index is 11.7. The molecule has 0 aliphatic rings. The topological polar surface area (TPSA) is 55.4 Å². The molecule has 1 aromatic rings. The maximum atomic E-state index is 11.7. The number of alkyl halides is 1. The first kappa shape index (κ1) is 13.5. The van der Waals surface area contributed by atoms with Gasteiger partial charge in [0.05, 0.1) is 18.4 Å². The molecule has 0 radical (unpaired) electrons. The lowest BCUT2D eigenvalue weighted by Crippen LogP contribution is -2.22. The minimum atomic E-state index is -0.487. The molecule has 0 aliphatic heterocycles. The van der Waals surface area contributed by atoms with E-state index >= 15 is 0 Å². The van der Waals surface area contributed by atoms with Crippen LogP contribution in [0.15, 0.2) is 24.3 Å². The molecule has 0 saturated heterocycles. The minimum Gasteiger partial charge on any atom is -0.465 e. The Kier molecular flexibility index (Phi) is 4.97. The quantitative estimate of drug-likeness (QED) is 0.663. The fourth-order valence-corrected chi connectivity index (χ4v) is 1.35. The van der Waals surface area contributed by atoms with Gasteiger partial charge in [0.1, 0.15) is 0 Å². The minimum absolute atomic E-state index is 0.226. The van der Waals surface area contributed by atoms with Gasteiger partial charge in [-0.1, -0.05) is 19.1 Å². The van der Waals surface area contributed by atoms with Crippen molar-refractivity contribution in [3.8, 4) is 0 Å². The molecule has 92 valence electrons. The van der Waals surface area contributed by atoms with E-state index in [2.05, 4.69) is 10.1 Å². The molecule has 0 heterocycles. The van der Waals surface area contributed by atoms with E-state index < -0.39 is 5.97 Å². The summed E-state index contributed by atoms with van der Waals surface area (Å²) in [5, 5.41) is 2.65. The largest absolute Gasteiger partial charge is 0.465 e. The SMILES string of the molecule is COC(=O)c1ccccc1NC(=O)C(C)CCl. The van der Waals surface area contributed by atoms with Crippen molar-refractivity contribution >= 4 is 29.2 Å². The molecule has 0 spiro atoms. The number of benzene rings is 1. The van der Waals surface area contributed by atoms with Crippen LogP contribution in [-0.2, 0) is 9.53 Å². The Morgan fingerprint density at radius 1 is 1.41 bits per heavy atom. The third kappa shape index (κ3) is 3.46. The van der Waals surface area contributed by atoms with Gasteiger partial charge in [0.25, 0.3) is 0 Å². The predicted molar refractivity (Wildman–Crippen MR) is 66.3 cm³/mol. The Bertz CT molecular complexity index is 420. The highest BCUT2D eigenvalue weighted by Crippen LogP contribution is 2.17. The van der Waals surface area contributed by atoms with Crippen LogP contribution in [0.2, 0.25) is 0 Å². The zero-order valence-corrected chi connectivity index (χ0v) is 10.5. The highest BCUT2D eigenvalue weighted by atomic mass is 35.5. The normalized spacial score (nSPS) is 11.7. The number of hydrogen-bond acceptors (Lipinski definition) is 3. The summed E-state index contributed by atoms with van der Waals surface area (Å²) in [6.45, 7) is 1.71. The van der Waals surface area contributed by atoms with E-state index in [1.807, 2.05) is 0 Å². The van der Waals surface area contributed by atoms with Crippen LogP contribution in [0, 0.1) is 5.92 Å². The fourth-order valence-electron chi connectivity index (χ4n) is 1.21. The van der Waals surface area contributed by atoms with E-state index in [0.717, 1.165) is 0 Å². The van der Waals surface area contributed by atoms with Gasteiger partial charge in [-0.2, -0.15) is 0 Å². The van der Waals surface area contributed by atoms with Gasteiger partial charge in [-0.3, -0.25) is 4.79 Å². The van der Waals surface area contributed by atoms with Crippen molar-refractivity contribution in [3.63, 3.8) is 0 Å². The lowest BCUT2D eigenvalue weighted by molar-refractivity contribution is -0.118. The Labute approximate surface area is 105 Å². The molecule has 4 nitrogen and oxygen atoms in total. The molecule has 0 aliphatic carbocycles. The summed E-state index contributed by atoms with van der Waals surface area (Å²) in [6, 6.07) is 6.66. The molecule has 1 amide bonds. The second-order valence-corrected chi connectivity index (χ2v) is 3.89. The number of esters is 1. The van der Waals surface area contributed by atoms with Crippen LogP contribution in [0.5, 0.6) is 0 Å². The van der Waals surface area contributed by atoms with Crippen LogP contribution in [0.3, 0.4) is 0 Å². The van der Waals surface area contributed by atoms with E-state index in [-0.39, 0.29) is 17.7 Å². The number of anilines is 1. The fraction of sp³-hybridized carbons (Fsp3) is 0.333. The molecular weight excluding hydrogens is 242 g/mol. The number of hydrogen-bond donors (Lipinski definition) is 1. The van der Waals surface area contributed by atoms with Crippen LogP contribution in [0.1, 0.15) is 17.3 Å². The van der Waals surface area contributed by atoms with Gasteiger partial charge in [-0.15, -0.1) is 11.6 Å². The third-order valence-corrected chi connectivity index (χ3v) is 2.73. The summed E-state index contributed by atoms with van der Waals surface area (Å²) in [7, 11) is 1.29. The van der Waals surface area contributed by atoms with Crippen molar-refractivity contribution in [2.24, 2.45) is 5.92 Å². The average molecular weight is 256 g/mol. The van der Waals surface area contributed by atoms with Gasteiger partial charge in [-0.05, 0) is 12.1 Å². The number of halogens is 1. The smallest absolute Gasteiger partial charge is 0.339 e. The van der Waals surface area contributed by atoms with Crippen LogP contribution < -0.4 is 5.32 Å².